The zero-order chi connectivity index (χ0) is 10.8. The molecule has 0 heteroatoms. The molecule has 0 aromatic carbocycles. The molecule has 0 aromatic rings. The molecule has 84 valence electrons. The van der Waals surface area contributed by atoms with Crippen LogP contribution in [0, 0.1) is 23.2 Å². The predicted molar refractivity (Wildman–Crippen MR) is 64.4 cm³/mol. The van der Waals surface area contributed by atoms with E-state index in [0.717, 1.165) is 17.8 Å². The Labute approximate surface area is 90.5 Å². The largest absolute Gasteiger partial charge is 0.0628 e. The molecule has 1 fully saturated rings. The summed E-state index contributed by atoms with van der Waals surface area (Å²) in [5, 5.41) is 0. The van der Waals surface area contributed by atoms with Crippen LogP contribution >= 0.6 is 0 Å². The molecule has 14 heavy (non-hydrogen) atoms. The highest BCUT2D eigenvalue weighted by Crippen LogP contribution is 2.60. The lowest BCUT2D eigenvalue weighted by Gasteiger charge is -2.10. The number of rotatable bonds is 6. The van der Waals surface area contributed by atoms with Gasteiger partial charge >= 0.3 is 0 Å². The third-order valence-electron chi connectivity index (χ3n) is 4.72. The first-order valence-electron chi connectivity index (χ1n) is 6.48. The summed E-state index contributed by atoms with van der Waals surface area (Å²) in [4.78, 5) is 0. The van der Waals surface area contributed by atoms with E-state index in [4.69, 9.17) is 0 Å². The van der Waals surface area contributed by atoms with Crippen molar-refractivity contribution in [3.05, 3.63) is 0 Å². The highest BCUT2D eigenvalue weighted by atomic mass is 14.6. The van der Waals surface area contributed by atoms with E-state index in [-0.39, 0.29) is 0 Å². The highest BCUT2D eigenvalue weighted by molar-refractivity contribution is 5.02. The second-order valence-corrected chi connectivity index (χ2v) is 6.08. The molecule has 0 saturated heterocycles. The molecule has 2 unspecified atom stereocenters. The van der Waals surface area contributed by atoms with E-state index < -0.39 is 0 Å². The normalized spacial score (nSPS) is 36.4. The van der Waals surface area contributed by atoms with Gasteiger partial charge in [-0.05, 0) is 29.6 Å². The van der Waals surface area contributed by atoms with Crippen molar-refractivity contribution in [2.45, 2.75) is 66.7 Å². The van der Waals surface area contributed by atoms with Gasteiger partial charge in [-0.2, -0.15) is 0 Å². The molecule has 0 N–H and O–H groups in total. The van der Waals surface area contributed by atoms with Gasteiger partial charge in [-0.25, -0.2) is 0 Å². The Kier molecular flexibility index (Phi) is 4.04. The molecule has 2 atom stereocenters. The Hall–Kier alpha value is 0. The van der Waals surface area contributed by atoms with Crippen molar-refractivity contribution in [2.75, 3.05) is 0 Å². The minimum absolute atomic E-state index is 0.706. The van der Waals surface area contributed by atoms with Gasteiger partial charge in [-0.1, -0.05) is 60.3 Å². The molecule has 0 aromatic heterocycles. The van der Waals surface area contributed by atoms with Crippen molar-refractivity contribution in [1.82, 2.24) is 0 Å². The van der Waals surface area contributed by atoms with Crippen LogP contribution in [0.4, 0.5) is 0 Å². The van der Waals surface area contributed by atoms with E-state index in [1.54, 1.807) is 0 Å². The molecule has 1 aliphatic carbocycles. The maximum absolute atomic E-state index is 2.48. The zero-order valence-electron chi connectivity index (χ0n) is 10.8. The minimum Gasteiger partial charge on any atom is -0.0628 e. The average Bonchev–Trinajstić information content (AvgIpc) is 2.56. The number of unbranched alkanes of at least 4 members (excludes halogenated alkanes) is 2. The fourth-order valence-electron chi connectivity index (χ4n) is 2.76. The van der Waals surface area contributed by atoms with Gasteiger partial charge in [-0.3, -0.25) is 0 Å². The fraction of sp³-hybridized carbons (Fsp3) is 1.00. The standard InChI is InChI=1S/C14H28/c1-11(2)9-7-6-8-10-14(5)12(3)13(14)4/h11-13H,6-10H2,1-5H3. The molecule has 0 amide bonds. The topological polar surface area (TPSA) is 0 Å². The van der Waals surface area contributed by atoms with Gasteiger partial charge < -0.3 is 0 Å². The highest BCUT2D eigenvalue weighted by Gasteiger charge is 2.53. The molecule has 1 saturated carbocycles. The Balaban J connectivity index is 2.00. The van der Waals surface area contributed by atoms with Gasteiger partial charge in [-0.15, -0.1) is 0 Å². The summed E-state index contributed by atoms with van der Waals surface area (Å²) >= 11 is 0. The molecule has 0 radical (unpaired) electrons. The molecule has 0 nitrogen and oxygen atoms in total. The van der Waals surface area contributed by atoms with Gasteiger partial charge in [0.1, 0.15) is 0 Å². The SMILES string of the molecule is CC(C)CCCCCC1(C)C(C)C1C. The second-order valence-electron chi connectivity index (χ2n) is 6.08. The number of hydrogen-bond donors (Lipinski definition) is 0. The minimum atomic E-state index is 0.706. The van der Waals surface area contributed by atoms with Crippen LogP contribution in [0.1, 0.15) is 66.7 Å². The van der Waals surface area contributed by atoms with Crippen LogP contribution < -0.4 is 0 Å². The summed E-state index contributed by atoms with van der Waals surface area (Å²) in [5.41, 5.74) is 0.706. The summed E-state index contributed by atoms with van der Waals surface area (Å²) in [6.07, 6.45) is 7.23. The van der Waals surface area contributed by atoms with Crippen LogP contribution in [0.5, 0.6) is 0 Å². The molecule has 0 heterocycles. The van der Waals surface area contributed by atoms with Gasteiger partial charge in [0.05, 0.1) is 0 Å². The molecule has 1 aliphatic rings. The fourth-order valence-corrected chi connectivity index (χ4v) is 2.76. The molecule has 1 rings (SSSR count). The third kappa shape index (κ3) is 2.74. The second kappa shape index (κ2) is 4.68. The van der Waals surface area contributed by atoms with E-state index in [9.17, 15) is 0 Å². The Bertz CT molecular complexity index is 161. The Morgan fingerprint density at radius 1 is 1.00 bits per heavy atom. The summed E-state index contributed by atoms with van der Waals surface area (Å²) in [5.74, 6) is 2.85. The lowest BCUT2D eigenvalue weighted by molar-refractivity contribution is 0.414. The van der Waals surface area contributed by atoms with Gasteiger partial charge in [0.2, 0.25) is 0 Å². The van der Waals surface area contributed by atoms with Gasteiger partial charge in [0.15, 0.2) is 0 Å². The maximum atomic E-state index is 2.48. The van der Waals surface area contributed by atoms with Crippen molar-refractivity contribution in [3.63, 3.8) is 0 Å². The van der Waals surface area contributed by atoms with Gasteiger partial charge in [0, 0.05) is 0 Å². The van der Waals surface area contributed by atoms with Crippen molar-refractivity contribution in [1.29, 1.82) is 0 Å². The molecule has 0 bridgehead atoms. The number of hydrogen-bond acceptors (Lipinski definition) is 0. The van der Waals surface area contributed by atoms with E-state index in [1.807, 2.05) is 0 Å². The first-order chi connectivity index (χ1) is 6.48. The van der Waals surface area contributed by atoms with Crippen LogP contribution in [-0.4, -0.2) is 0 Å². The molecule has 0 aliphatic heterocycles. The summed E-state index contributed by atoms with van der Waals surface area (Å²) in [6, 6.07) is 0. The molecular formula is C14H28. The van der Waals surface area contributed by atoms with E-state index in [0.29, 0.717) is 5.41 Å². The van der Waals surface area contributed by atoms with Crippen LogP contribution in [0.2, 0.25) is 0 Å². The smallest absolute Gasteiger partial charge is 0.0269 e. The Morgan fingerprint density at radius 3 is 2.00 bits per heavy atom. The van der Waals surface area contributed by atoms with E-state index in [2.05, 4.69) is 34.6 Å². The molecular weight excluding hydrogens is 168 g/mol. The first kappa shape index (κ1) is 12.1. The zero-order valence-corrected chi connectivity index (χ0v) is 10.8. The van der Waals surface area contributed by atoms with Crippen LogP contribution in [0.3, 0.4) is 0 Å². The maximum Gasteiger partial charge on any atom is -0.0269 e. The van der Waals surface area contributed by atoms with Crippen LogP contribution in [-0.2, 0) is 0 Å². The Morgan fingerprint density at radius 2 is 1.57 bits per heavy atom. The predicted octanol–water partition coefficient (Wildman–Crippen LogP) is 4.89. The summed E-state index contributed by atoms with van der Waals surface area (Å²) in [6.45, 7) is 12.0. The van der Waals surface area contributed by atoms with Crippen molar-refractivity contribution < 1.29 is 0 Å². The lowest BCUT2D eigenvalue weighted by atomic mass is 9.95. The molecule has 0 spiro atoms. The first-order valence-corrected chi connectivity index (χ1v) is 6.48. The monoisotopic (exact) mass is 196 g/mol. The third-order valence-corrected chi connectivity index (χ3v) is 4.72. The average molecular weight is 196 g/mol. The van der Waals surface area contributed by atoms with E-state index >= 15 is 0 Å². The summed E-state index contributed by atoms with van der Waals surface area (Å²) < 4.78 is 0. The van der Waals surface area contributed by atoms with Gasteiger partial charge in [0.25, 0.3) is 0 Å². The van der Waals surface area contributed by atoms with Crippen LogP contribution in [0.25, 0.3) is 0 Å². The quantitative estimate of drug-likeness (QED) is 0.531. The summed E-state index contributed by atoms with van der Waals surface area (Å²) in [7, 11) is 0. The van der Waals surface area contributed by atoms with Crippen molar-refractivity contribution >= 4 is 0 Å². The lowest BCUT2D eigenvalue weighted by Crippen LogP contribution is -1.98. The van der Waals surface area contributed by atoms with Crippen molar-refractivity contribution in [3.8, 4) is 0 Å². The van der Waals surface area contributed by atoms with Crippen molar-refractivity contribution in [2.24, 2.45) is 23.2 Å². The van der Waals surface area contributed by atoms with Crippen LogP contribution in [0.15, 0.2) is 0 Å². The van der Waals surface area contributed by atoms with E-state index in [1.165, 1.54) is 32.1 Å².